The highest BCUT2D eigenvalue weighted by Crippen LogP contribution is 2.18. The molecule has 2 aromatic carbocycles. The maximum atomic E-state index is 11.7. The number of amides is 1. The Labute approximate surface area is 141 Å². The topological polar surface area (TPSA) is 47.6 Å². The van der Waals surface area contributed by atoms with Gasteiger partial charge in [-0.3, -0.25) is 4.79 Å². The fourth-order valence-corrected chi connectivity index (χ4v) is 2.08. The van der Waals surface area contributed by atoms with Crippen molar-refractivity contribution < 1.29 is 14.3 Å². The van der Waals surface area contributed by atoms with E-state index in [1.54, 1.807) is 6.07 Å². The first-order chi connectivity index (χ1) is 11.3. The minimum absolute atomic E-state index is 0.0461. The summed E-state index contributed by atoms with van der Waals surface area (Å²) < 4.78 is 11.2. The normalized spacial score (nSPS) is 10.1. The lowest BCUT2D eigenvalue weighted by atomic mass is 10.2. The summed E-state index contributed by atoms with van der Waals surface area (Å²) >= 11 is 5.58. The van der Waals surface area contributed by atoms with Gasteiger partial charge in [0.25, 0.3) is 0 Å². The van der Waals surface area contributed by atoms with Gasteiger partial charge in [0, 0.05) is 24.1 Å². The summed E-state index contributed by atoms with van der Waals surface area (Å²) in [5.41, 5.74) is 0.714. The van der Waals surface area contributed by atoms with Crippen LogP contribution in [-0.2, 0) is 4.79 Å². The second-order valence-electron chi connectivity index (χ2n) is 4.88. The van der Waals surface area contributed by atoms with E-state index >= 15 is 0 Å². The molecule has 23 heavy (non-hydrogen) atoms. The van der Waals surface area contributed by atoms with Crippen LogP contribution in [0.5, 0.6) is 11.5 Å². The number of halogens is 1. The summed E-state index contributed by atoms with van der Waals surface area (Å²) in [6.45, 7) is 0.884. The van der Waals surface area contributed by atoms with E-state index in [4.69, 9.17) is 21.1 Å². The molecule has 0 radical (unpaired) electrons. The van der Waals surface area contributed by atoms with Crippen LogP contribution in [0.2, 0.25) is 0 Å². The van der Waals surface area contributed by atoms with Crippen molar-refractivity contribution in [2.75, 3.05) is 24.4 Å². The van der Waals surface area contributed by atoms with Gasteiger partial charge < -0.3 is 14.8 Å². The molecule has 0 saturated carbocycles. The molecular weight excluding hydrogens is 314 g/mol. The Balaban J connectivity index is 1.75. The van der Waals surface area contributed by atoms with Gasteiger partial charge in [0.05, 0.1) is 0 Å². The van der Waals surface area contributed by atoms with Crippen molar-refractivity contribution in [2.45, 2.75) is 12.8 Å². The van der Waals surface area contributed by atoms with E-state index in [0.717, 1.165) is 5.75 Å². The molecule has 0 aliphatic rings. The molecule has 1 amide bonds. The Morgan fingerprint density at radius 1 is 0.957 bits per heavy atom. The standard InChI is InChI=1S/C18H20ClNO3/c19-11-5-10-18(21)20-15-6-4-9-17(14-15)23-13-12-22-16-7-2-1-3-8-16/h1-4,6-9,14H,5,10-13H2,(H,20,21). The highest BCUT2D eigenvalue weighted by Gasteiger charge is 2.03. The number of para-hydroxylation sites is 1. The summed E-state index contributed by atoms with van der Waals surface area (Å²) in [5, 5.41) is 2.82. The van der Waals surface area contributed by atoms with Gasteiger partial charge in [-0.15, -0.1) is 11.6 Å². The summed E-state index contributed by atoms with van der Waals surface area (Å²) in [6.07, 6.45) is 1.08. The van der Waals surface area contributed by atoms with Gasteiger partial charge in [0.1, 0.15) is 24.7 Å². The highest BCUT2D eigenvalue weighted by atomic mass is 35.5. The third-order valence-electron chi connectivity index (χ3n) is 3.02. The summed E-state index contributed by atoms with van der Waals surface area (Å²) in [5.74, 6) is 1.95. The van der Waals surface area contributed by atoms with Crippen LogP contribution in [0.15, 0.2) is 54.6 Å². The van der Waals surface area contributed by atoms with E-state index in [0.29, 0.717) is 43.4 Å². The molecule has 0 spiro atoms. The molecular formula is C18H20ClNO3. The van der Waals surface area contributed by atoms with Crippen LogP contribution in [0.25, 0.3) is 0 Å². The predicted octanol–water partition coefficient (Wildman–Crippen LogP) is 4.10. The van der Waals surface area contributed by atoms with Gasteiger partial charge in [0.15, 0.2) is 0 Å². The molecule has 0 aliphatic carbocycles. The number of anilines is 1. The second-order valence-corrected chi connectivity index (χ2v) is 5.26. The van der Waals surface area contributed by atoms with Crippen molar-refractivity contribution in [1.29, 1.82) is 0 Å². The Morgan fingerprint density at radius 2 is 1.65 bits per heavy atom. The minimum Gasteiger partial charge on any atom is -0.490 e. The van der Waals surface area contributed by atoms with Crippen molar-refractivity contribution in [1.82, 2.24) is 0 Å². The van der Waals surface area contributed by atoms with E-state index in [1.807, 2.05) is 48.5 Å². The lowest BCUT2D eigenvalue weighted by Crippen LogP contribution is -2.12. The Hall–Kier alpha value is -2.20. The van der Waals surface area contributed by atoms with E-state index in [9.17, 15) is 4.79 Å². The molecule has 1 N–H and O–H groups in total. The number of ether oxygens (including phenoxy) is 2. The van der Waals surface area contributed by atoms with Crippen LogP contribution >= 0.6 is 11.6 Å². The van der Waals surface area contributed by atoms with E-state index in [-0.39, 0.29) is 5.91 Å². The van der Waals surface area contributed by atoms with Gasteiger partial charge in [-0.05, 0) is 30.7 Å². The number of carbonyl (C=O) groups excluding carboxylic acids is 1. The number of hydrogen-bond acceptors (Lipinski definition) is 3. The molecule has 0 aliphatic heterocycles. The van der Waals surface area contributed by atoms with Crippen molar-refractivity contribution >= 4 is 23.2 Å². The highest BCUT2D eigenvalue weighted by molar-refractivity contribution is 6.18. The van der Waals surface area contributed by atoms with Crippen LogP contribution in [0.1, 0.15) is 12.8 Å². The molecule has 0 fully saturated rings. The Bertz CT molecular complexity index is 604. The maximum Gasteiger partial charge on any atom is 0.224 e. The molecule has 2 aromatic rings. The quantitative estimate of drug-likeness (QED) is 0.555. The largest absolute Gasteiger partial charge is 0.490 e. The molecule has 0 heterocycles. The third kappa shape index (κ3) is 6.61. The van der Waals surface area contributed by atoms with Gasteiger partial charge >= 0.3 is 0 Å². The zero-order valence-corrected chi connectivity index (χ0v) is 13.6. The Morgan fingerprint density at radius 3 is 2.39 bits per heavy atom. The van der Waals surface area contributed by atoms with Gasteiger partial charge in [-0.25, -0.2) is 0 Å². The van der Waals surface area contributed by atoms with Crippen LogP contribution in [0.4, 0.5) is 5.69 Å². The summed E-state index contributed by atoms with van der Waals surface area (Å²) in [6, 6.07) is 16.9. The first-order valence-electron chi connectivity index (χ1n) is 7.54. The first kappa shape index (κ1) is 17.2. The van der Waals surface area contributed by atoms with Crippen LogP contribution in [-0.4, -0.2) is 25.0 Å². The van der Waals surface area contributed by atoms with Crippen LogP contribution < -0.4 is 14.8 Å². The monoisotopic (exact) mass is 333 g/mol. The first-order valence-corrected chi connectivity index (χ1v) is 8.08. The fraction of sp³-hybridized carbons (Fsp3) is 0.278. The van der Waals surface area contributed by atoms with E-state index in [2.05, 4.69) is 5.32 Å². The van der Waals surface area contributed by atoms with Crippen molar-refractivity contribution in [2.24, 2.45) is 0 Å². The number of nitrogens with one attached hydrogen (secondary N) is 1. The van der Waals surface area contributed by atoms with Crippen molar-refractivity contribution in [3.63, 3.8) is 0 Å². The van der Waals surface area contributed by atoms with Gasteiger partial charge in [-0.1, -0.05) is 24.3 Å². The van der Waals surface area contributed by atoms with Crippen molar-refractivity contribution in [3.8, 4) is 11.5 Å². The number of rotatable bonds is 9. The SMILES string of the molecule is O=C(CCCCl)Nc1cccc(OCCOc2ccccc2)c1. The molecule has 5 heteroatoms. The van der Waals surface area contributed by atoms with E-state index < -0.39 is 0 Å². The van der Waals surface area contributed by atoms with Crippen molar-refractivity contribution in [3.05, 3.63) is 54.6 Å². The predicted molar refractivity (Wildman–Crippen MR) is 92.5 cm³/mol. The lowest BCUT2D eigenvalue weighted by Gasteiger charge is -2.10. The fourth-order valence-electron chi connectivity index (χ4n) is 1.95. The summed E-state index contributed by atoms with van der Waals surface area (Å²) in [4.78, 5) is 11.7. The maximum absolute atomic E-state index is 11.7. The van der Waals surface area contributed by atoms with Gasteiger partial charge in [0.2, 0.25) is 5.91 Å². The number of benzene rings is 2. The molecule has 4 nitrogen and oxygen atoms in total. The molecule has 2 rings (SSSR count). The zero-order chi connectivity index (χ0) is 16.3. The molecule has 122 valence electrons. The molecule has 0 saturated heterocycles. The summed E-state index contributed by atoms with van der Waals surface area (Å²) in [7, 11) is 0. The molecule has 0 atom stereocenters. The lowest BCUT2D eigenvalue weighted by molar-refractivity contribution is -0.116. The number of alkyl halides is 1. The average Bonchev–Trinajstić information content (AvgIpc) is 2.58. The van der Waals surface area contributed by atoms with Crippen LogP contribution in [0.3, 0.4) is 0 Å². The minimum atomic E-state index is -0.0461. The van der Waals surface area contributed by atoms with Crippen LogP contribution in [0, 0.1) is 0 Å². The number of carbonyl (C=O) groups is 1. The number of hydrogen-bond donors (Lipinski definition) is 1. The average molecular weight is 334 g/mol. The van der Waals surface area contributed by atoms with E-state index in [1.165, 1.54) is 0 Å². The molecule has 0 unspecified atom stereocenters. The second kappa shape index (κ2) is 9.74. The molecule has 0 bridgehead atoms. The third-order valence-corrected chi connectivity index (χ3v) is 3.29. The van der Waals surface area contributed by atoms with Gasteiger partial charge in [-0.2, -0.15) is 0 Å². The zero-order valence-electron chi connectivity index (χ0n) is 12.8. The smallest absolute Gasteiger partial charge is 0.224 e. The Kier molecular flexibility index (Phi) is 7.27. The molecule has 0 aromatic heterocycles.